The van der Waals surface area contributed by atoms with Crippen LogP contribution in [0.25, 0.3) is 0 Å². The minimum Gasteiger partial charge on any atom is -0.456 e. The number of benzene rings is 1. The first kappa shape index (κ1) is 21.5. The van der Waals surface area contributed by atoms with Crippen LogP contribution in [0.15, 0.2) is 30.5 Å². The van der Waals surface area contributed by atoms with Crippen LogP contribution in [0.2, 0.25) is 0 Å². The molecule has 0 spiro atoms. The molecular formula is C23H27N3O4. The van der Waals surface area contributed by atoms with Gasteiger partial charge in [-0.05, 0) is 57.9 Å². The third kappa shape index (κ3) is 4.50. The molecule has 2 heterocycles. The Morgan fingerprint density at radius 2 is 1.97 bits per heavy atom. The van der Waals surface area contributed by atoms with Crippen LogP contribution in [0.1, 0.15) is 75.6 Å². The maximum absolute atomic E-state index is 12.8. The molecule has 0 saturated heterocycles. The second-order valence-corrected chi connectivity index (χ2v) is 8.36. The number of nitrogens with zero attached hydrogens (tertiary/aromatic N) is 2. The van der Waals surface area contributed by atoms with Gasteiger partial charge in [0.25, 0.3) is 11.8 Å². The average Bonchev–Trinajstić information content (AvgIpc) is 2.96. The van der Waals surface area contributed by atoms with E-state index in [0.717, 1.165) is 11.1 Å². The van der Waals surface area contributed by atoms with Gasteiger partial charge in [-0.3, -0.25) is 14.6 Å². The van der Waals surface area contributed by atoms with Crippen LogP contribution in [0.4, 0.5) is 0 Å². The van der Waals surface area contributed by atoms with Gasteiger partial charge < -0.3 is 15.0 Å². The van der Waals surface area contributed by atoms with Crippen molar-refractivity contribution >= 4 is 17.8 Å². The Bertz CT molecular complexity index is 1010. The van der Waals surface area contributed by atoms with E-state index in [1.54, 1.807) is 17.0 Å². The molecule has 0 radical (unpaired) electrons. The Kier molecular flexibility index (Phi) is 5.92. The predicted octanol–water partition coefficient (Wildman–Crippen LogP) is 3.25. The molecule has 1 aliphatic heterocycles. The van der Waals surface area contributed by atoms with E-state index >= 15 is 0 Å². The number of hydrogen-bond acceptors (Lipinski definition) is 5. The van der Waals surface area contributed by atoms with Crippen LogP contribution in [0.3, 0.4) is 0 Å². The van der Waals surface area contributed by atoms with E-state index < -0.39 is 5.60 Å². The Morgan fingerprint density at radius 3 is 2.60 bits per heavy atom. The SMILES string of the molecule is CCNC(=O)c1nccc2c1CN(Cc1ccc(C(=O)OC(C)(C)C)c(C)c1)C2=O. The fraction of sp³-hybridized carbons (Fsp3) is 0.391. The Hall–Kier alpha value is -3.22. The van der Waals surface area contributed by atoms with Gasteiger partial charge in [-0.1, -0.05) is 12.1 Å². The number of pyridine rings is 1. The summed E-state index contributed by atoms with van der Waals surface area (Å²) in [6.45, 7) is 10.4. The Morgan fingerprint density at radius 1 is 1.23 bits per heavy atom. The quantitative estimate of drug-likeness (QED) is 0.766. The molecule has 158 valence electrons. The van der Waals surface area contributed by atoms with Gasteiger partial charge in [0.05, 0.1) is 5.56 Å². The number of rotatable bonds is 5. The number of hydrogen-bond donors (Lipinski definition) is 1. The molecule has 7 nitrogen and oxygen atoms in total. The van der Waals surface area contributed by atoms with Crippen LogP contribution in [-0.4, -0.2) is 39.8 Å². The molecule has 30 heavy (non-hydrogen) atoms. The minimum absolute atomic E-state index is 0.133. The van der Waals surface area contributed by atoms with E-state index in [2.05, 4.69) is 10.3 Å². The zero-order chi connectivity index (χ0) is 22.1. The number of esters is 1. The first-order chi connectivity index (χ1) is 14.1. The van der Waals surface area contributed by atoms with Gasteiger partial charge in [0.2, 0.25) is 0 Å². The summed E-state index contributed by atoms with van der Waals surface area (Å²) in [5.74, 6) is -0.776. The fourth-order valence-electron chi connectivity index (χ4n) is 3.46. The molecule has 3 rings (SSSR count). The highest BCUT2D eigenvalue weighted by molar-refractivity contribution is 6.03. The van der Waals surface area contributed by atoms with Crippen molar-refractivity contribution in [1.29, 1.82) is 0 Å². The molecular weight excluding hydrogens is 382 g/mol. The molecule has 0 atom stereocenters. The van der Waals surface area contributed by atoms with E-state index in [0.29, 0.717) is 42.0 Å². The highest BCUT2D eigenvalue weighted by atomic mass is 16.6. The first-order valence-corrected chi connectivity index (χ1v) is 9.99. The van der Waals surface area contributed by atoms with Crippen molar-refractivity contribution in [1.82, 2.24) is 15.2 Å². The monoisotopic (exact) mass is 409 g/mol. The second-order valence-electron chi connectivity index (χ2n) is 8.36. The van der Waals surface area contributed by atoms with Gasteiger partial charge in [-0.25, -0.2) is 4.79 Å². The number of carbonyl (C=O) groups excluding carboxylic acids is 3. The van der Waals surface area contributed by atoms with Crippen LogP contribution in [-0.2, 0) is 17.8 Å². The van der Waals surface area contributed by atoms with Crippen molar-refractivity contribution < 1.29 is 19.1 Å². The number of amides is 2. The summed E-state index contributed by atoms with van der Waals surface area (Å²) in [5.41, 5.74) is 3.08. The third-order valence-corrected chi connectivity index (χ3v) is 4.76. The number of carbonyl (C=O) groups is 3. The molecule has 2 amide bonds. The van der Waals surface area contributed by atoms with Crippen LogP contribution in [0, 0.1) is 6.92 Å². The zero-order valence-electron chi connectivity index (χ0n) is 18.0. The fourth-order valence-corrected chi connectivity index (χ4v) is 3.46. The van der Waals surface area contributed by atoms with Crippen LogP contribution in [0.5, 0.6) is 0 Å². The highest BCUT2D eigenvalue weighted by Gasteiger charge is 2.31. The number of aromatic nitrogens is 1. The van der Waals surface area contributed by atoms with Crippen molar-refractivity contribution in [2.75, 3.05) is 6.54 Å². The summed E-state index contributed by atoms with van der Waals surface area (Å²) in [6.07, 6.45) is 1.49. The molecule has 1 aromatic carbocycles. The molecule has 0 saturated carbocycles. The van der Waals surface area contributed by atoms with E-state index in [4.69, 9.17) is 4.74 Å². The second kappa shape index (κ2) is 8.26. The lowest BCUT2D eigenvalue weighted by atomic mass is 10.0. The Balaban J connectivity index is 1.78. The van der Waals surface area contributed by atoms with Crippen LogP contribution >= 0.6 is 0 Å². The van der Waals surface area contributed by atoms with Gasteiger partial charge in [0.1, 0.15) is 11.3 Å². The summed E-state index contributed by atoms with van der Waals surface area (Å²) in [6, 6.07) is 7.09. The minimum atomic E-state index is -0.564. The molecule has 1 N–H and O–H groups in total. The third-order valence-electron chi connectivity index (χ3n) is 4.76. The van der Waals surface area contributed by atoms with E-state index in [1.807, 2.05) is 46.8 Å². The van der Waals surface area contributed by atoms with Gasteiger partial charge in [0.15, 0.2) is 0 Å². The maximum atomic E-state index is 12.8. The number of fused-ring (bicyclic) bond motifs is 1. The molecule has 1 aliphatic rings. The zero-order valence-corrected chi connectivity index (χ0v) is 18.0. The average molecular weight is 409 g/mol. The smallest absolute Gasteiger partial charge is 0.338 e. The van der Waals surface area contributed by atoms with Crippen molar-refractivity contribution in [2.45, 2.75) is 53.3 Å². The summed E-state index contributed by atoms with van der Waals surface area (Å²) in [7, 11) is 0. The molecule has 0 aliphatic carbocycles. The predicted molar refractivity (Wildman–Crippen MR) is 112 cm³/mol. The number of ether oxygens (including phenoxy) is 1. The van der Waals surface area contributed by atoms with E-state index in [9.17, 15) is 14.4 Å². The van der Waals surface area contributed by atoms with Crippen LogP contribution < -0.4 is 5.32 Å². The molecule has 2 aromatic rings. The first-order valence-electron chi connectivity index (χ1n) is 9.99. The van der Waals surface area contributed by atoms with Crippen molar-refractivity contribution in [3.8, 4) is 0 Å². The Labute approximate surface area is 176 Å². The lowest BCUT2D eigenvalue weighted by molar-refractivity contribution is 0.00684. The lowest BCUT2D eigenvalue weighted by Crippen LogP contribution is -2.26. The van der Waals surface area contributed by atoms with E-state index in [-0.39, 0.29) is 17.8 Å². The lowest BCUT2D eigenvalue weighted by Gasteiger charge is -2.21. The number of nitrogens with one attached hydrogen (secondary N) is 1. The van der Waals surface area contributed by atoms with Gasteiger partial charge in [-0.15, -0.1) is 0 Å². The highest BCUT2D eigenvalue weighted by Crippen LogP contribution is 2.27. The maximum Gasteiger partial charge on any atom is 0.338 e. The largest absolute Gasteiger partial charge is 0.456 e. The van der Waals surface area contributed by atoms with E-state index in [1.165, 1.54) is 6.20 Å². The van der Waals surface area contributed by atoms with Gasteiger partial charge in [-0.2, -0.15) is 0 Å². The molecule has 0 fully saturated rings. The van der Waals surface area contributed by atoms with Gasteiger partial charge >= 0.3 is 5.97 Å². The molecule has 7 heteroatoms. The summed E-state index contributed by atoms with van der Waals surface area (Å²) in [4.78, 5) is 43.3. The molecule has 0 unspecified atom stereocenters. The molecule has 1 aromatic heterocycles. The summed E-state index contributed by atoms with van der Waals surface area (Å²) in [5, 5.41) is 2.74. The summed E-state index contributed by atoms with van der Waals surface area (Å²) >= 11 is 0. The van der Waals surface area contributed by atoms with Gasteiger partial charge in [0, 0.05) is 37.0 Å². The van der Waals surface area contributed by atoms with Crippen molar-refractivity contribution in [3.63, 3.8) is 0 Å². The number of aryl methyl sites for hydroxylation is 1. The van der Waals surface area contributed by atoms with Crippen molar-refractivity contribution in [2.24, 2.45) is 0 Å². The topological polar surface area (TPSA) is 88.6 Å². The standard InChI is InChI=1S/C23H27N3O4/c1-6-24-20(27)19-18-13-26(21(28)17(18)9-10-25-19)12-15-7-8-16(14(2)11-15)22(29)30-23(3,4)5/h7-11H,6,12-13H2,1-5H3,(H,24,27). The molecule has 0 bridgehead atoms. The normalized spacial score (nSPS) is 13.2. The summed E-state index contributed by atoms with van der Waals surface area (Å²) < 4.78 is 5.44. The van der Waals surface area contributed by atoms with Crippen molar-refractivity contribution in [3.05, 3.63) is 64.0 Å².